The Hall–Kier alpha value is 0.170. The Labute approximate surface area is 149 Å². The number of nitrogens with one attached hydrogen (secondary N) is 1. The first-order valence-electron chi connectivity index (χ1n) is 9.72. The molecule has 1 heterocycles. The van der Waals surface area contributed by atoms with E-state index in [1.54, 1.807) is 0 Å². The van der Waals surface area contributed by atoms with Crippen LogP contribution in [-0.2, 0) is 0 Å². The van der Waals surface area contributed by atoms with Crippen LogP contribution >= 0.6 is 11.6 Å². The van der Waals surface area contributed by atoms with Crippen LogP contribution in [0.3, 0.4) is 0 Å². The number of aliphatic hydroxyl groups is 1. The Morgan fingerprint density at radius 2 is 1.70 bits per heavy atom. The zero-order valence-corrected chi connectivity index (χ0v) is 16.3. The molecule has 0 aromatic heterocycles. The fourth-order valence-corrected chi connectivity index (χ4v) is 3.69. The van der Waals surface area contributed by atoms with Gasteiger partial charge in [-0.15, -0.1) is 11.6 Å². The smallest absolute Gasteiger partial charge is 0.0828 e. The van der Waals surface area contributed by atoms with E-state index < -0.39 is 6.10 Å². The monoisotopic (exact) mass is 346 g/mol. The van der Waals surface area contributed by atoms with E-state index in [-0.39, 0.29) is 6.04 Å². The number of aliphatic hydroxyl groups excluding tert-OH is 1. The van der Waals surface area contributed by atoms with Crippen molar-refractivity contribution in [2.45, 2.75) is 89.8 Å². The number of hydrogen-bond donors (Lipinski definition) is 2. The van der Waals surface area contributed by atoms with Crippen molar-refractivity contribution in [2.75, 3.05) is 26.0 Å². The highest BCUT2D eigenvalue weighted by Gasteiger charge is 2.22. The SMILES string of the molecule is C[C@@H]1CCCCCCCCCN(C)[C@@H](C)CNC(C(O)CCl)C1. The predicted octanol–water partition coefficient (Wildman–Crippen LogP) is 4.03. The molecule has 0 saturated carbocycles. The van der Waals surface area contributed by atoms with Crippen molar-refractivity contribution in [3.8, 4) is 0 Å². The molecule has 4 atom stereocenters. The van der Waals surface area contributed by atoms with Crippen molar-refractivity contribution in [3.63, 3.8) is 0 Å². The molecule has 1 aliphatic heterocycles. The van der Waals surface area contributed by atoms with Gasteiger partial charge in [0.1, 0.15) is 0 Å². The van der Waals surface area contributed by atoms with Gasteiger partial charge in [-0.3, -0.25) is 0 Å². The standard InChI is InChI=1S/C19H39ClN2O/c1-16-11-9-7-5-4-6-8-10-12-22(3)17(2)15-21-18(13-16)19(23)14-20/h16-19,21,23H,4-15H2,1-3H3/t16-,17+,18?,19?/m1/s1. The number of likely N-dealkylation sites (N-methyl/N-ethyl adjacent to an activating group) is 1. The maximum Gasteiger partial charge on any atom is 0.0828 e. The van der Waals surface area contributed by atoms with E-state index in [0.717, 1.165) is 13.0 Å². The van der Waals surface area contributed by atoms with Crippen molar-refractivity contribution >= 4 is 11.6 Å². The van der Waals surface area contributed by atoms with Gasteiger partial charge in [-0.25, -0.2) is 0 Å². The molecule has 23 heavy (non-hydrogen) atoms. The second-order valence-corrected chi connectivity index (χ2v) is 7.98. The van der Waals surface area contributed by atoms with Gasteiger partial charge < -0.3 is 15.3 Å². The lowest BCUT2D eigenvalue weighted by molar-refractivity contribution is 0.125. The van der Waals surface area contributed by atoms with Gasteiger partial charge in [-0.1, -0.05) is 51.9 Å². The highest BCUT2D eigenvalue weighted by molar-refractivity contribution is 6.18. The summed E-state index contributed by atoms with van der Waals surface area (Å²) in [5.41, 5.74) is 0. The number of rotatable bonds is 2. The molecule has 1 aliphatic rings. The Morgan fingerprint density at radius 1 is 1.09 bits per heavy atom. The van der Waals surface area contributed by atoms with Crippen LogP contribution in [0.2, 0.25) is 0 Å². The van der Waals surface area contributed by atoms with E-state index in [1.807, 2.05) is 0 Å². The molecule has 0 spiro atoms. The fourth-order valence-electron chi connectivity index (χ4n) is 3.47. The fraction of sp³-hybridized carbons (Fsp3) is 1.00. The average Bonchev–Trinajstić information content (AvgIpc) is 2.54. The summed E-state index contributed by atoms with van der Waals surface area (Å²) < 4.78 is 0. The second kappa shape index (κ2) is 12.5. The molecule has 0 amide bonds. The molecular weight excluding hydrogens is 308 g/mol. The highest BCUT2D eigenvalue weighted by Crippen LogP contribution is 2.19. The van der Waals surface area contributed by atoms with Gasteiger partial charge in [0.15, 0.2) is 0 Å². The summed E-state index contributed by atoms with van der Waals surface area (Å²) in [6.45, 7) is 6.67. The summed E-state index contributed by atoms with van der Waals surface area (Å²) in [4.78, 5) is 2.44. The van der Waals surface area contributed by atoms with Gasteiger partial charge in [-0.05, 0) is 39.3 Å². The van der Waals surface area contributed by atoms with E-state index in [4.69, 9.17) is 11.6 Å². The first kappa shape index (κ1) is 21.2. The van der Waals surface area contributed by atoms with Crippen LogP contribution in [-0.4, -0.2) is 54.2 Å². The van der Waals surface area contributed by atoms with Crippen LogP contribution in [0.15, 0.2) is 0 Å². The molecule has 1 saturated heterocycles. The van der Waals surface area contributed by atoms with E-state index in [0.29, 0.717) is 17.8 Å². The third kappa shape index (κ3) is 9.28. The van der Waals surface area contributed by atoms with Crippen LogP contribution in [0.1, 0.15) is 71.6 Å². The van der Waals surface area contributed by atoms with Gasteiger partial charge in [0, 0.05) is 24.5 Å². The summed E-state index contributed by atoms with van der Waals surface area (Å²) in [6, 6.07) is 0.606. The molecule has 2 unspecified atom stereocenters. The lowest BCUT2D eigenvalue weighted by Gasteiger charge is -2.30. The number of nitrogens with zero attached hydrogens (tertiary/aromatic N) is 1. The maximum absolute atomic E-state index is 10.2. The van der Waals surface area contributed by atoms with Crippen molar-refractivity contribution < 1.29 is 5.11 Å². The zero-order valence-electron chi connectivity index (χ0n) is 15.6. The minimum Gasteiger partial charge on any atom is -0.390 e. The van der Waals surface area contributed by atoms with Gasteiger partial charge in [0.25, 0.3) is 0 Å². The van der Waals surface area contributed by atoms with Crippen LogP contribution < -0.4 is 5.32 Å². The van der Waals surface area contributed by atoms with Gasteiger partial charge in [0.2, 0.25) is 0 Å². The first-order chi connectivity index (χ1) is 11.0. The lowest BCUT2D eigenvalue weighted by Crippen LogP contribution is -2.47. The van der Waals surface area contributed by atoms with Crippen LogP contribution in [0.5, 0.6) is 0 Å². The molecular formula is C19H39ClN2O. The summed E-state index contributed by atoms with van der Waals surface area (Å²) in [6.07, 6.45) is 11.3. The van der Waals surface area contributed by atoms with E-state index in [2.05, 4.69) is 31.1 Å². The summed E-state index contributed by atoms with van der Waals surface area (Å²) in [5, 5.41) is 13.8. The Morgan fingerprint density at radius 3 is 2.35 bits per heavy atom. The normalized spacial score (nSPS) is 32.5. The molecule has 0 radical (unpaired) electrons. The summed E-state index contributed by atoms with van der Waals surface area (Å²) >= 11 is 5.91. The van der Waals surface area contributed by atoms with Crippen LogP contribution in [0.25, 0.3) is 0 Å². The number of alkyl halides is 1. The first-order valence-corrected chi connectivity index (χ1v) is 10.3. The Bertz CT molecular complexity index is 291. The third-order valence-corrected chi connectivity index (χ3v) is 5.73. The maximum atomic E-state index is 10.2. The largest absolute Gasteiger partial charge is 0.390 e. The van der Waals surface area contributed by atoms with Crippen molar-refractivity contribution in [2.24, 2.45) is 5.92 Å². The van der Waals surface area contributed by atoms with Crippen molar-refractivity contribution in [3.05, 3.63) is 0 Å². The molecule has 3 nitrogen and oxygen atoms in total. The molecule has 0 aromatic carbocycles. The predicted molar refractivity (Wildman–Crippen MR) is 101 cm³/mol. The van der Waals surface area contributed by atoms with E-state index in [9.17, 15) is 5.11 Å². The summed E-state index contributed by atoms with van der Waals surface area (Å²) in [5.74, 6) is 0.959. The topological polar surface area (TPSA) is 35.5 Å². The third-order valence-electron chi connectivity index (χ3n) is 5.41. The molecule has 4 heteroatoms. The molecule has 1 fully saturated rings. The van der Waals surface area contributed by atoms with E-state index >= 15 is 0 Å². The van der Waals surface area contributed by atoms with Gasteiger partial charge in [0.05, 0.1) is 6.10 Å². The van der Waals surface area contributed by atoms with Crippen LogP contribution in [0.4, 0.5) is 0 Å². The molecule has 2 N–H and O–H groups in total. The minimum atomic E-state index is -0.449. The molecule has 0 aliphatic carbocycles. The van der Waals surface area contributed by atoms with E-state index in [1.165, 1.54) is 57.9 Å². The summed E-state index contributed by atoms with van der Waals surface area (Å²) in [7, 11) is 2.21. The highest BCUT2D eigenvalue weighted by atomic mass is 35.5. The zero-order chi connectivity index (χ0) is 17.1. The lowest BCUT2D eigenvalue weighted by atomic mass is 9.93. The Balaban J connectivity index is 2.57. The molecule has 0 bridgehead atoms. The molecule has 1 rings (SSSR count). The molecule has 0 aromatic rings. The minimum absolute atomic E-state index is 0.117. The Kier molecular flexibility index (Phi) is 11.5. The quantitative estimate of drug-likeness (QED) is 0.741. The van der Waals surface area contributed by atoms with Gasteiger partial charge in [-0.2, -0.15) is 0 Å². The van der Waals surface area contributed by atoms with Crippen molar-refractivity contribution in [1.29, 1.82) is 0 Å². The van der Waals surface area contributed by atoms with Gasteiger partial charge >= 0.3 is 0 Å². The molecule has 138 valence electrons. The number of halogens is 1. The number of hydrogen-bond acceptors (Lipinski definition) is 3. The van der Waals surface area contributed by atoms with Crippen LogP contribution in [0, 0.1) is 5.92 Å². The second-order valence-electron chi connectivity index (χ2n) is 7.67. The van der Waals surface area contributed by atoms with Crippen molar-refractivity contribution in [1.82, 2.24) is 10.2 Å². The average molecular weight is 347 g/mol.